The Bertz CT molecular complexity index is 1540. The molecule has 0 amide bonds. The average molecular weight is 429 g/mol. The van der Waals surface area contributed by atoms with Gasteiger partial charge in [0.25, 0.3) is 5.56 Å². The van der Waals surface area contributed by atoms with E-state index in [1.54, 1.807) is 22.6 Å². The van der Waals surface area contributed by atoms with Crippen molar-refractivity contribution in [3.05, 3.63) is 109 Å². The van der Waals surface area contributed by atoms with Gasteiger partial charge in [-0.1, -0.05) is 59.9 Å². The van der Waals surface area contributed by atoms with Crippen LogP contribution in [0.25, 0.3) is 22.1 Å². The van der Waals surface area contributed by atoms with Crippen LogP contribution in [0.5, 0.6) is 5.75 Å². The van der Waals surface area contributed by atoms with Gasteiger partial charge in [0.05, 0.1) is 20.5 Å². The minimum Gasteiger partial charge on any atom is -0.482 e. The second-order valence-corrected chi connectivity index (χ2v) is 7.90. The summed E-state index contributed by atoms with van der Waals surface area (Å²) in [7, 11) is 0. The average Bonchev–Trinajstić information content (AvgIpc) is 3.29. The standard InChI is InChI=1S/C23H15N3O4S/c27-22-21(31-23-24-17-8-4-5-9-18(17)25(22)23)13-16-10-11-20(19(12-16)26(28)29)30-14-15-6-2-1-3-7-15/h1-13H,14H2/b21-13-. The van der Waals surface area contributed by atoms with Gasteiger partial charge in [0.1, 0.15) is 6.61 Å². The molecule has 0 aliphatic heterocycles. The minimum atomic E-state index is -0.482. The lowest BCUT2D eigenvalue weighted by atomic mass is 10.2. The molecule has 31 heavy (non-hydrogen) atoms. The van der Waals surface area contributed by atoms with Crippen LogP contribution in [0.4, 0.5) is 5.69 Å². The number of ether oxygens (including phenoxy) is 1. The summed E-state index contributed by atoms with van der Waals surface area (Å²) in [5.41, 5.74) is 2.62. The molecule has 0 radical (unpaired) electrons. The van der Waals surface area contributed by atoms with E-state index < -0.39 is 4.92 Å². The summed E-state index contributed by atoms with van der Waals surface area (Å²) >= 11 is 1.25. The summed E-state index contributed by atoms with van der Waals surface area (Å²) in [6.07, 6.45) is 1.64. The lowest BCUT2D eigenvalue weighted by Gasteiger charge is -2.07. The van der Waals surface area contributed by atoms with Gasteiger partial charge in [-0.15, -0.1) is 0 Å². The molecule has 0 saturated heterocycles. The number of hydrogen-bond donors (Lipinski definition) is 0. The molecule has 0 unspecified atom stereocenters. The molecule has 0 saturated carbocycles. The highest BCUT2D eigenvalue weighted by atomic mass is 32.1. The zero-order valence-electron chi connectivity index (χ0n) is 16.1. The molecule has 7 nitrogen and oxygen atoms in total. The number of rotatable bonds is 5. The van der Waals surface area contributed by atoms with Crippen LogP contribution in [0, 0.1) is 10.1 Å². The molecule has 0 bridgehead atoms. The summed E-state index contributed by atoms with van der Waals surface area (Å²) in [5, 5.41) is 11.6. The van der Waals surface area contributed by atoms with Gasteiger partial charge < -0.3 is 4.74 Å². The van der Waals surface area contributed by atoms with Gasteiger partial charge in [0.15, 0.2) is 10.7 Å². The molecule has 2 aromatic heterocycles. The van der Waals surface area contributed by atoms with E-state index in [1.807, 2.05) is 54.6 Å². The van der Waals surface area contributed by atoms with Gasteiger partial charge in [0, 0.05) is 6.07 Å². The molecule has 3 aromatic carbocycles. The lowest BCUT2D eigenvalue weighted by Crippen LogP contribution is -2.22. The van der Waals surface area contributed by atoms with Gasteiger partial charge in [-0.25, -0.2) is 9.38 Å². The molecule has 5 aromatic rings. The van der Waals surface area contributed by atoms with E-state index in [2.05, 4.69) is 4.98 Å². The van der Waals surface area contributed by atoms with Crippen LogP contribution < -0.4 is 14.8 Å². The first-order valence-corrected chi connectivity index (χ1v) is 10.3. The van der Waals surface area contributed by atoms with Crippen molar-refractivity contribution in [2.45, 2.75) is 6.61 Å². The molecule has 0 fully saturated rings. The van der Waals surface area contributed by atoms with Gasteiger partial charge in [0.2, 0.25) is 0 Å². The predicted molar refractivity (Wildman–Crippen MR) is 120 cm³/mol. The molecule has 152 valence electrons. The molecule has 0 atom stereocenters. The second kappa shape index (κ2) is 7.66. The molecule has 0 N–H and O–H groups in total. The number of nitro groups is 1. The van der Waals surface area contributed by atoms with Crippen LogP contribution in [-0.2, 0) is 6.61 Å². The first kappa shape index (κ1) is 19.0. The van der Waals surface area contributed by atoms with E-state index >= 15 is 0 Å². The van der Waals surface area contributed by atoms with Crippen LogP contribution in [-0.4, -0.2) is 14.3 Å². The van der Waals surface area contributed by atoms with E-state index in [0.29, 0.717) is 15.1 Å². The number of benzene rings is 3. The Morgan fingerprint density at radius 1 is 1.06 bits per heavy atom. The fraction of sp³-hybridized carbons (Fsp3) is 0.0435. The van der Waals surface area contributed by atoms with Crippen LogP contribution in [0.3, 0.4) is 0 Å². The number of hydrogen-bond acceptors (Lipinski definition) is 6. The first-order valence-electron chi connectivity index (χ1n) is 9.47. The van der Waals surface area contributed by atoms with Crippen molar-refractivity contribution in [2.24, 2.45) is 0 Å². The topological polar surface area (TPSA) is 86.7 Å². The smallest absolute Gasteiger partial charge is 0.311 e. The number of thiazole rings is 1. The number of fused-ring (bicyclic) bond motifs is 3. The monoisotopic (exact) mass is 429 g/mol. The van der Waals surface area contributed by atoms with Crippen LogP contribution >= 0.6 is 11.3 Å². The highest BCUT2D eigenvalue weighted by molar-refractivity contribution is 7.15. The highest BCUT2D eigenvalue weighted by Crippen LogP contribution is 2.29. The molecule has 5 rings (SSSR count). The predicted octanol–water partition coefficient (Wildman–Crippen LogP) is 3.94. The number of nitro benzene ring substituents is 1. The van der Waals surface area contributed by atoms with Crippen molar-refractivity contribution in [2.75, 3.05) is 0 Å². The van der Waals surface area contributed by atoms with Crippen molar-refractivity contribution in [1.29, 1.82) is 0 Å². The summed E-state index contributed by atoms with van der Waals surface area (Å²) in [6.45, 7) is 0.227. The van der Waals surface area contributed by atoms with Crippen molar-refractivity contribution >= 4 is 39.1 Å². The fourth-order valence-electron chi connectivity index (χ4n) is 3.39. The molecular weight excluding hydrogens is 414 g/mol. The Balaban J connectivity index is 1.52. The van der Waals surface area contributed by atoms with E-state index in [-0.39, 0.29) is 23.6 Å². The normalized spacial score (nSPS) is 11.9. The van der Waals surface area contributed by atoms with Crippen molar-refractivity contribution < 1.29 is 9.66 Å². The Labute approximate surface area is 179 Å². The Morgan fingerprint density at radius 3 is 2.65 bits per heavy atom. The third kappa shape index (κ3) is 3.53. The molecular formula is C23H15N3O4S. The van der Waals surface area contributed by atoms with E-state index in [4.69, 9.17) is 4.74 Å². The fourth-order valence-corrected chi connectivity index (χ4v) is 4.37. The maximum absolute atomic E-state index is 12.9. The van der Waals surface area contributed by atoms with Crippen LogP contribution in [0.15, 0.2) is 77.6 Å². The summed E-state index contributed by atoms with van der Waals surface area (Å²) in [6, 6.07) is 21.5. The minimum absolute atomic E-state index is 0.149. The second-order valence-electron chi connectivity index (χ2n) is 6.89. The molecule has 0 aliphatic rings. The number of nitrogens with zero attached hydrogens (tertiary/aromatic N) is 3. The van der Waals surface area contributed by atoms with Crippen molar-refractivity contribution in [3.63, 3.8) is 0 Å². The largest absolute Gasteiger partial charge is 0.482 e. The van der Waals surface area contributed by atoms with Gasteiger partial charge in [-0.2, -0.15) is 0 Å². The third-order valence-corrected chi connectivity index (χ3v) is 5.83. The maximum Gasteiger partial charge on any atom is 0.311 e. The quantitative estimate of drug-likeness (QED) is 0.312. The number of para-hydroxylation sites is 2. The molecule has 0 spiro atoms. The highest BCUT2D eigenvalue weighted by Gasteiger charge is 2.16. The zero-order valence-corrected chi connectivity index (χ0v) is 16.9. The first-order chi connectivity index (χ1) is 15.1. The van der Waals surface area contributed by atoms with E-state index in [1.165, 1.54) is 17.4 Å². The van der Waals surface area contributed by atoms with E-state index in [9.17, 15) is 14.9 Å². The van der Waals surface area contributed by atoms with Gasteiger partial charge >= 0.3 is 5.69 Å². The Kier molecular flexibility index (Phi) is 4.68. The summed E-state index contributed by atoms with van der Waals surface area (Å²) in [5.74, 6) is 0.181. The van der Waals surface area contributed by atoms with Crippen LogP contribution in [0.2, 0.25) is 0 Å². The summed E-state index contributed by atoms with van der Waals surface area (Å²) < 4.78 is 7.69. The Hall–Kier alpha value is -4.04. The third-order valence-electron chi connectivity index (χ3n) is 4.86. The number of imidazole rings is 1. The Morgan fingerprint density at radius 2 is 1.84 bits per heavy atom. The molecule has 2 heterocycles. The lowest BCUT2D eigenvalue weighted by molar-refractivity contribution is -0.386. The summed E-state index contributed by atoms with van der Waals surface area (Å²) in [4.78, 5) is 29.1. The zero-order chi connectivity index (χ0) is 21.4. The molecule has 0 aliphatic carbocycles. The van der Waals surface area contributed by atoms with E-state index in [0.717, 1.165) is 16.6 Å². The van der Waals surface area contributed by atoms with Crippen LogP contribution in [0.1, 0.15) is 11.1 Å². The SMILES string of the molecule is O=c1/c(=C/c2ccc(OCc3ccccc3)c([N+](=O)[O-])c2)sc2nc3ccccc3n12. The van der Waals surface area contributed by atoms with Gasteiger partial charge in [-0.05, 0) is 35.4 Å². The van der Waals surface area contributed by atoms with Crippen molar-refractivity contribution in [3.8, 4) is 5.75 Å². The molecule has 8 heteroatoms. The van der Waals surface area contributed by atoms with Gasteiger partial charge in [-0.3, -0.25) is 14.9 Å². The van der Waals surface area contributed by atoms with Crippen molar-refractivity contribution in [1.82, 2.24) is 9.38 Å². The number of aromatic nitrogens is 2. The maximum atomic E-state index is 12.9.